The van der Waals surface area contributed by atoms with E-state index < -0.39 is 0 Å². The minimum absolute atomic E-state index is 0.851. The van der Waals surface area contributed by atoms with Gasteiger partial charge in [-0.2, -0.15) is 0 Å². The fraction of sp³-hybridized carbons (Fsp3) is 0. The first-order valence-electron chi connectivity index (χ1n) is 22.8. The van der Waals surface area contributed by atoms with E-state index in [0.29, 0.717) is 0 Å². The van der Waals surface area contributed by atoms with E-state index in [2.05, 4.69) is 221 Å². The highest BCUT2D eigenvalue weighted by atomic mass is 32.1. The molecule has 0 aliphatic carbocycles. The van der Waals surface area contributed by atoms with E-state index in [4.69, 9.17) is 9.97 Å². The zero-order chi connectivity index (χ0) is 43.7. The van der Waals surface area contributed by atoms with Crippen LogP contribution in [0.25, 0.3) is 141 Å². The predicted molar refractivity (Wildman–Crippen MR) is 284 cm³/mol. The maximum atomic E-state index is 5.41. The van der Waals surface area contributed by atoms with Gasteiger partial charge in [0.25, 0.3) is 0 Å². The maximum Gasteiger partial charge on any atom is 0.143 e. The number of fused-ring (bicyclic) bond motifs is 17. The Kier molecular flexibility index (Phi) is 7.63. The van der Waals surface area contributed by atoms with Gasteiger partial charge in [0.2, 0.25) is 0 Å². The standard InChI is InChI=1S/C62H36N4S/c1-5-19-46-37(11-1)23-28-52-57(46)58-47-20-6-2-12-38(47)24-29-53(58)65(52)44-17-9-15-41(33-44)42-27-32-56-50(35-42)61-62(67-56)63-36-51(64-61)43-16-10-18-45(34-43)66-54-30-25-39-13-3-7-21-48(39)59(54)60-49-22-8-4-14-40(49)26-31-55(60)66/h1-36H. The lowest BCUT2D eigenvalue weighted by Gasteiger charge is -2.11. The molecule has 0 atom stereocenters. The molecule has 0 aliphatic heterocycles. The van der Waals surface area contributed by atoms with Crippen LogP contribution in [0.4, 0.5) is 0 Å². The highest BCUT2D eigenvalue weighted by molar-refractivity contribution is 7.25. The number of benzene rings is 11. The van der Waals surface area contributed by atoms with Crippen LogP contribution in [0.3, 0.4) is 0 Å². The number of hydrogen-bond acceptors (Lipinski definition) is 3. The molecule has 310 valence electrons. The average molecular weight is 869 g/mol. The summed E-state index contributed by atoms with van der Waals surface area (Å²) in [6.45, 7) is 0. The van der Waals surface area contributed by atoms with Crippen molar-refractivity contribution in [1.82, 2.24) is 19.1 Å². The van der Waals surface area contributed by atoms with Gasteiger partial charge < -0.3 is 9.13 Å². The smallest absolute Gasteiger partial charge is 0.143 e. The molecule has 0 bridgehead atoms. The molecule has 0 fully saturated rings. The zero-order valence-corrected chi connectivity index (χ0v) is 36.8. The number of rotatable bonds is 4. The van der Waals surface area contributed by atoms with Crippen molar-refractivity contribution in [3.63, 3.8) is 0 Å². The third-order valence-corrected chi connectivity index (χ3v) is 15.2. The van der Waals surface area contributed by atoms with Crippen molar-refractivity contribution in [2.45, 2.75) is 0 Å². The van der Waals surface area contributed by atoms with Gasteiger partial charge in [-0.1, -0.05) is 152 Å². The van der Waals surface area contributed by atoms with Crippen molar-refractivity contribution >= 4 is 118 Å². The van der Waals surface area contributed by atoms with Gasteiger partial charge in [0.15, 0.2) is 0 Å². The fourth-order valence-corrected chi connectivity index (χ4v) is 12.1. The van der Waals surface area contributed by atoms with Crippen LogP contribution in [0.15, 0.2) is 219 Å². The minimum atomic E-state index is 0.851. The Morgan fingerprint density at radius 3 is 1.27 bits per heavy atom. The molecule has 4 nitrogen and oxygen atoms in total. The third-order valence-electron chi connectivity index (χ3n) is 14.1. The van der Waals surface area contributed by atoms with Crippen molar-refractivity contribution in [2.24, 2.45) is 0 Å². The maximum absolute atomic E-state index is 5.41. The summed E-state index contributed by atoms with van der Waals surface area (Å²) in [5, 5.41) is 16.3. The average Bonchev–Trinajstić information content (AvgIpc) is 4.06. The van der Waals surface area contributed by atoms with Crippen LogP contribution in [0.1, 0.15) is 0 Å². The topological polar surface area (TPSA) is 35.6 Å². The van der Waals surface area contributed by atoms with Crippen molar-refractivity contribution in [3.8, 4) is 33.8 Å². The number of hydrogen-bond donors (Lipinski definition) is 0. The Morgan fingerprint density at radius 2 is 0.776 bits per heavy atom. The summed E-state index contributed by atoms with van der Waals surface area (Å²) in [4.78, 5) is 11.4. The lowest BCUT2D eigenvalue weighted by molar-refractivity contribution is 1.18. The lowest BCUT2D eigenvalue weighted by Crippen LogP contribution is -1.95. The summed E-state index contributed by atoms with van der Waals surface area (Å²) in [5.41, 5.74) is 12.1. The quantitative estimate of drug-likeness (QED) is 0.177. The highest BCUT2D eigenvalue weighted by Crippen LogP contribution is 2.44. The summed E-state index contributed by atoms with van der Waals surface area (Å²) in [7, 11) is 0. The Balaban J connectivity index is 0.866. The monoisotopic (exact) mass is 868 g/mol. The van der Waals surface area contributed by atoms with Crippen LogP contribution < -0.4 is 0 Å². The van der Waals surface area contributed by atoms with E-state index in [-0.39, 0.29) is 0 Å². The molecule has 67 heavy (non-hydrogen) atoms. The Labute approximate surface area is 387 Å². The molecule has 4 heterocycles. The minimum Gasteiger partial charge on any atom is -0.309 e. The van der Waals surface area contributed by atoms with Crippen LogP contribution in [0, 0.1) is 0 Å². The third kappa shape index (κ3) is 5.34. The number of aromatic nitrogens is 4. The molecular formula is C62H36N4S. The first-order chi connectivity index (χ1) is 33.2. The van der Waals surface area contributed by atoms with Crippen molar-refractivity contribution in [3.05, 3.63) is 219 Å². The Bertz CT molecular complexity index is 4110. The van der Waals surface area contributed by atoms with E-state index in [9.17, 15) is 0 Å². The molecule has 0 saturated heterocycles. The Morgan fingerprint density at radius 1 is 0.343 bits per heavy atom. The first-order valence-corrected chi connectivity index (χ1v) is 23.6. The molecule has 5 heteroatoms. The normalized spacial score (nSPS) is 12.2. The van der Waals surface area contributed by atoms with E-state index >= 15 is 0 Å². The van der Waals surface area contributed by atoms with Gasteiger partial charge >= 0.3 is 0 Å². The molecule has 4 aromatic heterocycles. The van der Waals surface area contributed by atoms with Gasteiger partial charge in [0, 0.05) is 48.6 Å². The summed E-state index contributed by atoms with van der Waals surface area (Å²) in [6.07, 6.45) is 1.94. The molecule has 0 amide bonds. The summed E-state index contributed by atoms with van der Waals surface area (Å²) >= 11 is 1.70. The second-order valence-electron chi connectivity index (χ2n) is 17.7. The predicted octanol–water partition coefficient (Wildman–Crippen LogP) is 17.0. The van der Waals surface area contributed by atoms with Crippen molar-refractivity contribution in [1.29, 1.82) is 0 Å². The molecule has 0 unspecified atom stereocenters. The SMILES string of the molecule is c1cc(-c2ccc3sc4ncc(-c5cccc(-n6c7ccc8ccccc8c7c7c8ccccc8ccc76)c5)nc4c3c2)cc(-n2c3ccc4ccccc4c3c3c4ccccc4ccc32)c1. The van der Waals surface area contributed by atoms with E-state index in [1.54, 1.807) is 11.3 Å². The molecule has 15 aromatic rings. The molecule has 11 aromatic carbocycles. The van der Waals surface area contributed by atoms with Gasteiger partial charge in [-0.25, -0.2) is 9.97 Å². The lowest BCUT2D eigenvalue weighted by atomic mass is 10.00. The molecular weight excluding hydrogens is 833 g/mol. The van der Waals surface area contributed by atoms with Gasteiger partial charge in [0.05, 0.1) is 34.0 Å². The number of thiophene rings is 1. The zero-order valence-electron chi connectivity index (χ0n) is 36.0. The van der Waals surface area contributed by atoms with Crippen molar-refractivity contribution < 1.29 is 0 Å². The molecule has 15 rings (SSSR count). The van der Waals surface area contributed by atoms with E-state index in [1.807, 2.05) is 6.20 Å². The molecule has 0 spiro atoms. The van der Waals surface area contributed by atoms with E-state index in [1.165, 1.54) is 91.4 Å². The van der Waals surface area contributed by atoms with Crippen LogP contribution in [0.5, 0.6) is 0 Å². The second kappa shape index (κ2) is 13.9. The van der Waals surface area contributed by atoms with Crippen LogP contribution in [0.2, 0.25) is 0 Å². The molecule has 0 aliphatic rings. The first kappa shape index (κ1) is 36.7. The van der Waals surface area contributed by atoms with Crippen LogP contribution >= 0.6 is 11.3 Å². The van der Waals surface area contributed by atoms with Gasteiger partial charge in [0.1, 0.15) is 10.3 Å². The Hall–Kier alpha value is -8.64. The number of nitrogens with zero attached hydrogens (tertiary/aromatic N) is 4. The summed E-state index contributed by atoms with van der Waals surface area (Å²) < 4.78 is 6.04. The van der Waals surface area contributed by atoms with Gasteiger partial charge in [-0.15, -0.1) is 11.3 Å². The van der Waals surface area contributed by atoms with Crippen molar-refractivity contribution in [2.75, 3.05) is 0 Å². The molecule has 0 N–H and O–H groups in total. The van der Waals surface area contributed by atoms with Gasteiger partial charge in [-0.3, -0.25) is 0 Å². The van der Waals surface area contributed by atoms with Crippen LogP contribution in [-0.2, 0) is 0 Å². The van der Waals surface area contributed by atoms with Crippen LogP contribution in [-0.4, -0.2) is 19.1 Å². The summed E-state index contributed by atoms with van der Waals surface area (Å²) in [6, 6.07) is 77.7. The van der Waals surface area contributed by atoms with Gasteiger partial charge in [-0.05, 0) is 115 Å². The largest absolute Gasteiger partial charge is 0.309 e. The van der Waals surface area contributed by atoms with E-state index in [0.717, 1.165) is 49.5 Å². The second-order valence-corrected chi connectivity index (χ2v) is 18.7. The molecule has 0 radical (unpaired) electrons. The summed E-state index contributed by atoms with van der Waals surface area (Å²) in [5.74, 6) is 0. The highest BCUT2D eigenvalue weighted by Gasteiger charge is 2.20. The fourth-order valence-electron chi connectivity index (χ4n) is 11.1. The molecule has 0 saturated carbocycles.